The Morgan fingerprint density at radius 1 is 1.28 bits per heavy atom. The monoisotopic (exact) mass is 273 g/mol. The minimum absolute atomic E-state index is 0.463. The molecule has 3 aromatic heterocycles. The zero-order chi connectivity index (χ0) is 12.7. The Balaban J connectivity index is 2.10. The first-order valence-corrected chi connectivity index (χ1v) is 7.20. The SMILES string of the molecule is [C-]#[N+]Cc1cc2sc(-n3c(C)ccc3C)nc2s1. The van der Waals surface area contributed by atoms with Crippen LogP contribution in [0.5, 0.6) is 0 Å². The summed E-state index contributed by atoms with van der Waals surface area (Å²) in [6, 6.07) is 6.30. The Bertz CT molecular complexity index is 704. The summed E-state index contributed by atoms with van der Waals surface area (Å²) in [5.74, 6) is 0. The molecule has 3 aromatic rings. The molecule has 0 fully saturated rings. The van der Waals surface area contributed by atoms with Gasteiger partial charge in [0.05, 0.1) is 9.58 Å². The van der Waals surface area contributed by atoms with E-state index in [0.717, 1.165) is 14.8 Å². The molecule has 90 valence electrons. The van der Waals surface area contributed by atoms with Crippen molar-refractivity contribution in [3.8, 4) is 5.13 Å². The van der Waals surface area contributed by atoms with Gasteiger partial charge in [0.2, 0.25) is 6.54 Å². The van der Waals surface area contributed by atoms with Gasteiger partial charge < -0.3 is 4.85 Å². The highest BCUT2D eigenvalue weighted by Crippen LogP contribution is 2.33. The number of hydrogen-bond acceptors (Lipinski definition) is 3. The lowest BCUT2D eigenvalue weighted by Gasteiger charge is -2.03. The lowest BCUT2D eigenvalue weighted by molar-refractivity contribution is 0.956. The first-order chi connectivity index (χ1) is 8.69. The summed E-state index contributed by atoms with van der Waals surface area (Å²) in [7, 11) is 0. The third-order valence-electron chi connectivity index (χ3n) is 2.83. The minimum atomic E-state index is 0.463. The van der Waals surface area contributed by atoms with Gasteiger partial charge in [0, 0.05) is 11.4 Å². The lowest BCUT2D eigenvalue weighted by atomic mass is 10.5. The van der Waals surface area contributed by atoms with Gasteiger partial charge in [-0.15, -0.1) is 11.3 Å². The zero-order valence-electron chi connectivity index (χ0n) is 10.1. The van der Waals surface area contributed by atoms with Gasteiger partial charge in [-0.2, -0.15) is 0 Å². The standard InChI is InChI=1S/C13H11N3S2/c1-8-4-5-9(2)16(8)13-15-12-11(18-13)6-10(17-12)7-14-3/h4-6H,7H2,1-2H3. The molecule has 3 nitrogen and oxygen atoms in total. The Morgan fingerprint density at radius 2 is 2.00 bits per heavy atom. The summed E-state index contributed by atoms with van der Waals surface area (Å²) in [5.41, 5.74) is 2.41. The van der Waals surface area contributed by atoms with Crippen molar-refractivity contribution in [1.82, 2.24) is 9.55 Å². The molecule has 0 aromatic carbocycles. The third kappa shape index (κ3) is 1.74. The second-order valence-electron chi connectivity index (χ2n) is 4.15. The van der Waals surface area contributed by atoms with Gasteiger partial charge in [0.15, 0.2) is 5.13 Å². The van der Waals surface area contributed by atoms with Gasteiger partial charge in [0.1, 0.15) is 4.83 Å². The van der Waals surface area contributed by atoms with Crippen molar-refractivity contribution in [2.75, 3.05) is 0 Å². The van der Waals surface area contributed by atoms with Gasteiger partial charge in [-0.1, -0.05) is 11.3 Å². The fraction of sp³-hybridized carbons (Fsp3) is 0.231. The van der Waals surface area contributed by atoms with Crippen molar-refractivity contribution in [1.29, 1.82) is 0 Å². The number of rotatable bonds is 2. The molecule has 3 heterocycles. The summed E-state index contributed by atoms with van der Waals surface area (Å²) >= 11 is 3.31. The molecule has 0 saturated heterocycles. The molecule has 0 bridgehead atoms. The number of aryl methyl sites for hydroxylation is 2. The number of aromatic nitrogens is 2. The van der Waals surface area contributed by atoms with Gasteiger partial charge in [-0.25, -0.2) is 11.6 Å². The molecule has 0 N–H and O–H groups in total. The van der Waals surface area contributed by atoms with Crippen LogP contribution < -0.4 is 0 Å². The summed E-state index contributed by atoms with van der Waals surface area (Å²) in [6.45, 7) is 11.5. The number of fused-ring (bicyclic) bond motifs is 1. The molecule has 0 unspecified atom stereocenters. The highest BCUT2D eigenvalue weighted by molar-refractivity contribution is 7.28. The second kappa shape index (κ2) is 4.23. The molecule has 0 aliphatic rings. The Labute approximate surface area is 113 Å². The van der Waals surface area contributed by atoms with Crippen LogP contribution in [0.15, 0.2) is 18.2 Å². The lowest BCUT2D eigenvalue weighted by Crippen LogP contribution is -1.97. The molecule has 3 rings (SSSR count). The maximum Gasteiger partial charge on any atom is 0.248 e. The Morgan fingerprint density at radius 3 is 2.61 bits per heavy atom. The maximum absolute atomic E-state index is 6.89. The molecule has 0 aliphatic heterocycles. The largest absolute Gasteiger partial charge is 0.311 e. The number of nitrogens with zero attached hydrogens (tertiary/aromatic N) is 3. The van der Waals surface area contributed by atoms with Gasteiger partial charge >= 0.3 is 0 Å². The number of thiophene rings is 1. The van der Waals surface area contributed by atoms with E-state index < -0.39 is 0 Å². The molecule has 0 radical (unpaired) electrons. The normalized spacial score (nSPS) is 10.9. The highest BCUT2D eigenvalue weighted by atomic mass is 32.1. The fourth-order valence-electron chi connectivity index (χ4n) is 1.99. The van der Waals surface area contributed by atoms with E-state index in [9.17, 15) is 0 Å². The average molecular weight is 273 g/mol. The van der Waals surface area contributed by atoms with Crippen LogP contribution in [0.4, 0.5) is 0 Å². The van der Waals surface area contributed by atoms with Crippen LogP contribution in [0.1, 0.15) is 16.3 Å². The van der Waals surface area contributed by atoms with Gasteiger partial charge in [0.25, 0.3) is 0 Å². The molecule has 18 heavy (non-hydrogen) atoms. The van der Waals surface area contributed by atoms with Crippen LogP contribution in [0.3, 0.4) is 0 Å². The second-order valence-corrected chi connectivity index (χ2v) is 6.27. The summed E-state index contributed by atoms with van der Waals surface area (Å²) in [5, 5.41) is 1.02. The molecular formula is C13H11N3S2. The Hall–Kier alpha value is -1.64. The van der Waals surface area contributed by atoms with E-state index >= 15 is 0 Å². The molecule has 0 spiro atoms. The van der Waals surface area contributed by atoms with Crippen LogP contribution >= 0.6 is 22.7 Å². The molecule has 0 amide bonds. The van der Waals surface area contributed by atoms with Crippen LogP contribution in [-0.4, -0.2) is 9.55 Å². The molecular weight excluding hydrogens is 262 g/mol. The first kappa shape index (κ1) is 11.5. The zero-order valence-corrected chi connectivity index (χ0v) is 11.7. The van der Waals surface area contributed by atoms with Gasteiger partial charge in [-0.05, 0) is 32.0 Å². The fourth-order valence-corrected chi connectivity index (χ4v) is 4.27. The summed E-state index contributed by atoms with van der Waals surface area (Å²) in [4.78, 5) is 10.2. The minimum Gasteiger partial charge on any atom is -0.311 e. The quantitative estimate of drug-likeness (QED) is 0.642. The number of thiazole rings is 1. The van der Waals surface area contributed by atoms with Crippen molar-refractivity contribution in [2.45, 2.75) is 20.4 Å². The van der Waals surface area contributed by atoms with Crippen LogP contribution in [0.2, 0.25) is 0 Å². The summed E-state index contributed by atoms with van der Waals surface area (Å²) in [6.07, 6.45) is 0. The van der Waals surface area contributed by atoms with Crippen molar-refractivity contribution in [3.05, 3.63) is 45.9 Å². The van der Waals surface area contributed by atoms with Crippen molar-refractivity contribution >= 4 is 32.2 Å². The van der Waals surface area contributed by atoms with Gasteiger partial charge in [-0.3, -0.25) is 4.57 Å². The molecule has 5 heteroatoms. The molecule has 0 aliphatic carbocycles. The van der Waals surface area contributed by atoms with E-state index in [4.69, 9.17) is 6.57 Å². The predicted molar refractivity (Wildman–Crippen MR) is 76.6 cm³/mol. The van der Waals surface area contributed by atoms with E-state index in [1.54, 1.807) is 22.7 Å². The van der Waals surface area contributed by atoms with Crippen LogP contribution in [0, 0.1) is 20.4 Å². The third-order valence-corrected chi connectivity index (χ3v) is 4.96. The molecule has 0 atom stereocenters. The van der Waals surface area contributed by atoms with E-state index in [2.05, 4.69) is 46.4 Å². The Kier molecular flexibility index (Phi) is 2.69. The van der Waals surface area contributed by atoms with E-state index in [-0.39, 0.29) is 0 Å². The van der Waals surface area contributed by atoms with Crippen LogP contribution in [-0.2, 0) is 6.54 Å². The topological polar surface area (TPSA) is 22.2 Å². The van der Waals surface area contributed by atoms with Crippen molar-refractivity contribution < 1.29 is 0 Å². The van der Waals surface area contributed by atoms with Crippen LogP contribution in [0.25, 0.3) is 19.5 Å². The number of hydrogen-bond donors (Lipinski definition) is 0. The molecule has 0 saturated carbocycles. The highest BCUT2D eigenvalue weighted by Gasteiger charge is 2.13. The van der Waals surface area contributed by atoms with E-state index in [1.165, 1.54) is 16.1 Å². The van der Waals surface area contributed by atoms with Crippen molar-refractivity contribution in [3.63, 3.8) is 0 Å². The van der Waals surface area contributed by atoms with E-state index in [0.29, 0.717) is 6.54 Å². The first-order valence-electron chi connectivity index (χ1n) is 5.57. The van der Waals surface area contributed by atoms with E-state index in [1.807, 2.05) is 0 Å². The maximum atomic E-state index is 6.89. The predicted octanol–water partition coefficient (Wildman–Crippen LogP) is 4.18. The average Bonchev–Trinajstić information content (AvgIpc) is 2.93. The smallest absolute Gasteiger partial charge is 0.248 e. The van der Waals surface area contributed by atoms with Crippen molar-refractivity contribution in [2.24, 2.45) is 0 Å². The summed E-state index contributed by atoms with van der Waals surface area (Å²) < 4.78 is 3.35.